The van der Waals surface area contributed by atoms with E-state index in [2.05, 4.69) is 29.0 Å². The van der Waals surface area contributed by atoms with Crippen molar-refractivity contribution < 1.29 is 0 Å². The highest BCUT2D eigenvalue weighted by atomic mass is 16.1. The van der Waals surface area contributed by atoms with Crippen LogP contribution in [0.1, 0.15) is 19.0 Å². The van der Waals surface area contributed by atoms with Crippen molar-refractivity contribution in [3.63, 3.8) is 0 Å². The average molecular weight is 280 g/mol. The van der Waals surface area contributed by atoms with Gasteiger partial charge in [-0.1, -0.05) is 11.6 Å². The molecule has 21 heavy (non-hydrogen) atoms. The van der Waals surface area contributed by atoms with E-state index in [0.717, 1.165) is 30.7 Å². The van der Waals surface area contributed by atoms with Gasteiger partial charge in [-0.05, 0) is 25.5 Å². The Kier molecular flexibility index (Phi) is 3.22. The molecule has 2 aromatic heterocycles. The third-order valence-corrected chi connectivity index (χ3v) is 3.86. The van der Waals surface area contributed by atoms with E-state index >= 15 is 0 Å². The lowest BCUT2D eigenvalue weighted by Gasteiger charge is -2.29. The highest BCUT2D eigenvalue weighted by Crippen LogP contribution is 2.26. The van der Waals surface area contributed by atoms with Crippen LogP contribution >= 0.6 is 0 Å². The summed E-state index contributed by atoms with van der Waals surface area (Å²) in [5.41, 5.74) is 3.88. The highest BCUT2D eigenvalue weighted by molar-refractivity contribution is 5.88. The average Bonchev–Trinajstić information content (AvgIpc) is 2.50. The van der Waals surface area contributed by atoms with Crippen LogP contribution in [0.15, 0.2) is 34.6 Å². The number of hydrogen-bond acceptors (Lipinski definition) is 4. The van der Waals surface area contributed by atoms with Crippen molar-refractivity contribution in [1.29, 1.82) is 5.26 Å². The van der Waals surface area contributed by atoms with Crippen LogP contribution in [-0.2, 0) is 7.05 Å². The molecule has 0 spiro atoms. The number of anilines is 1. The van der Waals surface area contributed by atoms with E-state index in [0.29, 0.717) is 11.2 Å². The maximum Gasteiger partial charge on any atom is 0.252 e. The molecule has 2 aromatic rings. The Hall–Kier alpha value is -2.61. The molecular weight excluding hydrogens is 264 g/mol. The minimum Gasteiger partial charge on any atom is -0.365 e. The van der Waals surface area contributed by atoms with Gasteiger partial charge in [0.15, 0.2) is 0 Å². The fourth-order valence-electron chi connectivity index (χ4n) is 2.73. The summed E-state index contributed by atoms with van der Waals surface area (Å²) in [5, 5.41) is 9.06. The Morgan fingerprint density at radius 1 is 1.38 bits per heavy atom. The maximum absolute atomic E-state index is 12.2. The van der Waals surface area contributed by atoms with E-state index in [1.807, 2.05) is 0 Å². The van der Waals surface area contributed by atoms with E-state index < -0.39 is 0 Å². The van der Waals surface area contributed by atoms with E-state index in [9.17, 15) is 4.79 Å². The molecule has 0 fully saturated rings. The summed E-state index contributed by atoms with van der Waals surface area (Å²) in [6.07, 6.45) is 3.17. The van der Waals surface area contributed by atoms with Gasteiger partial charge in [0.25, 0.3) is 5.56 Å². The molecule has 3 heterocycles. The number of nitriles is 1. The van der Waals surface area contributed by atoms with Gasteiger partial charge in [-0.3, -0.25) is 4.79 Å². The molecule has 0 bridgehead atoms. The molecule has 0 atom stereocenters. The number of rotatable bonds is 1. The molecule has 0 amide bonds. The second-order valence-corrected chi connectivity index (χ2v) is 5.36. The SMILES string of the molecule is CC1=CCCN(c2cc(=O)n(C)c3ccc(C#N)nc23)C1. The third kappa shape index (κ3) is 2.29. The fourth-order valence-corrected chi connectivity index (χ4v) is 2.73. The lowest BCUT2D eigenvalue weighted by molar-refractivity contribution is 0.788. The van der Waals surface area contributed by atoms with Crippen LogP contribution in [0.25, 0.3) is 11.0 Å². The van der Waals surface area contributed by atoms with E-state index in [-0.39, 0.29) is 5.56 Å². The molecular formula is C16H16N4O. The number of fused-ring (bicyclic) bond motifs is 1. The van der Waals surface area contributed by atoms with E-state index in [4.69, 9.17) is 5.26 Å². The Morgan fingerprint density at radius 3 is 2.90 bits per heavy atom. The molecule has 0 saturated carbocycles. The lowest BCUT2D eigenvalue weighted by Crippen LogP contribution is -2.31. The maximum atomic E-state index is 12.2. The van der Waals surface area contributed by atoms with Gasteiger partial charge >= 0.3 is 0 Å². The molecule has 5 nitrogen and oxygen atoms in total. The number of pyridine rings is 2. The second-order valence-electron chi connectivity index (χ2n) is 5.36. The predicted molar refractivity (Wildman–Crippen MR) is 82.3 cm³/mol. The Balaban J connectivity index is 2.26. The van der Waals surface area contributed by atoms with Crippen molar-refractivity contribution in [1.82, 2.24) is 9.55 Å². The summed E-state index contributed by atoms with van der Waals surface area (Å²) in [6, 6.07) is 7.12. The van der Waals surface area contributed by atoms with Gasteiger partial charge in [0.2, 0.25) is 0 Å². The Labute approximate surface area is 122 Å². The largest absolute Gasteiger partial charge is 0.365 e. The Bertz CT molecular complexity index is 842. The molecule has 0 N–H and O–H groups in total. The van der Waals surface area contributed by atoms with Crippen LogP contribution in [0.2, 0.25) is 0 Å². The molecule has 0 saturated heterocycles. The minimum absolute atomic E-state index is 0.0591. The topological polar surface area (TPSA) is 61.9 Å². The van der Waals surface area contributed by atoms with Gasteiger partial charge in [-0.15, -0.1) is 0 Å². The number of aryl methyl sites for hydroxylation is 1. The van der Waals surface area contributed by atoms with Gasteiger partial charge in [0.05, 0.1) is 11.2 Å². The monoisotopic (exact) mass is 280 g/mol. The van der Waals surface area contributed by atoms with E-state index in [1.54, 1.807) is 29.8 Å². The van der Waals surface area contributed by atoms with Crippen molar-refractivity contribution in [3.8, 4) is 6.07 Å². The van der Waals surface area contributed by atoms with E-state index in [1.165, 1.54) is 5.57 Å². The van der Waals surface area contributed by atoms with Gasteiger partial charge < -0.3 is 9.47 Å². The molecule has 1 aliphatic heterocycles. The molecule has 106 valence electrons. The summed E-state index contributed by atoms with van der Waals surface area (Å²) in [4.78, 5) is 18.7. The first-order chi connectivity index (χ1) is 10.1. The summed E-state index contributed by atoms with van der Waals surface area (Å²) in [5.74, 6) is 0. The van der Waals surface area contributed by atoms with Crippen LogP contribution in [0, 0.1) is 11.3 Å². The Morgan fingerprint density at radius 2 is 2.19 bits per heavy atom. The van der Waals surface area contributed by atoms with Crippen LogP contribution in [0.4, 0.5) is 5.69 Å². The minimum atomic E-state index is -0.0591. The summed E-state index contributed by atoms with van der Waals surface area (Å²) >= 11 is 0. The third-order valence-electron chi connectivity index (χ3n) is 3.86. The van der Waals surface area contributed by atoms with Crippen molar-refractivity contribution in [2.45, 2.75) is 13.3 Å². The quantitative estimate of drug-likeness (QED) is 0.749. The van der Waals surface area contributed by atoms with Crippen molar-refractivity contribution >= 4 is 16.7 Å². The first kappa shape index (κ1) is 13.4. The van der Waals surface area contributed by atoms with Crippen LogP contribution in [0.3, 0.4) is 0 Å². The molecule has 3 rings (SSSR count). The van der Waals surface area contributed by atoms with Crippen LogP contribution < -0.4 is 10.5 Å². The van der Waals surface area contributed by atoms with Crippen LogP contribution in [-0.4, -0.2) is 22.6 Å². The molecule has 0 aromatic carbocycles. The molecule has 0 radical (unpaired) electrons. The zero-order valence-corrected chi connectivity index (χ0v) is 12.1. The number of hydrogen-bond donors (Lipinski definition) is 0. The van der Waals surface area contributed by atoms with Crippen molar-refractivity contribution in [3.05, 3.63) is 45.9 Å². The molecule has 5 heteroatoms. The zero-order valence-electron chi connectivity index (χ0n) is 12.1. The van der Waals surface area contributed by atoms with Crippen LogP contribution in [0.5, 0.6) is 0 Å². The summed E-state index contributed by atoms with van der Waals surface area (Å²) in [7, 11) is 1.73. The van der Waals surface area contributed by atoms with Gasteiger partial charge in [-0.25, -0.2) is 4.98 Å². The van der Waals surface area contributed by atoms with Gasteiger partial charge in [-0.2, -0.15) is 5.26 Å². The molecule has 0 unspecified atom stereocenters. The first-order valence-corrected chi connectivity index (χ1v) is 6.91. The smallest absolute Gasteiger partial charge is 0.252 e. The summed E-state index contributed by atoms with van der Waals surface area (Å²) < 4.78 is 1.57. The van der Waals surface area contributed by atoms with Crippen molar-refractivity contribution in [2.75, 3.05) is 18.0 Å². The summed E-state index contributed by atoms with van der Waals surface area (Å²) in [6.45, 7) is 3.74. The second kappa shape index (κ2) is 5.06. The number of aromatic nitrogens is 2. The van der Waals surface area contributed by atoms with Gasteiger partial charge in [0.1, 0.15) is 17.3 Å². The predicted octanol–water partition coefficient (Wildman–Crippen LogP) is 1.96. The standard InChI is InChI=1S/C16H16N4O/c1-11-4-3-7-20(10-11)14-8-15(21)19(2)13-6-5-12(9-17)18-16(13)14/h4-6,8H,3,7,10H2,1-2H3. The lowest BCUT2D eigenvalue weighted by atomic mass is 10.1. The molecule has 1 aliphatic rings. The fraction of sp³-hybridized carbons (Fsp3) is 0.312. The van der Waals surface area contributed by atoms with Gasteiger partial charge in [0, 0.05) is 26.2 Å². The number of nitrogens with zero attached hydrogens (tertiary/aromatic N) is 4. The normalized spacial score (nSPS) is 14.9. The van der Waals surface area contributed by atoms with Crippen molar-refractivity contribution in [2.24, 2.45) is 7.05 Å². The first-order valence-electron chi connectivity index (χ1n) is 6.91. The highest BCUT2D eigenvalue weighted by Gasteiger charge is 2.17. The zero-order chi connectivity index (χ0) is 15.0. The molecule has 0 aliphatic carbocycles.